The number of amides is 1. The molecule has 0 spiro atoms. The number of alkyl halides is 2. The van der Waals surface area contributed by atoms with Gasteiger partial charge in [-0.15, -0.1) is 5.11 Å². The van der Waals surface area contributed by atoms with E-state index in [2.05, 4.69) is 20.6 Å². The van der Waals surface area contributed by atoms with Crippen molar-refractivity contribution in [1.29, 1.82) is 0 Å². The Morgan fingerprint density at radius 1 is 0.939 bits per heavy atom. The number of halogens is 2. The summed E-state index contributed by atoms with van der Waals surface area (Å²) in [6, 6.07) is 22.3. The van der Waals surface area contributed by atoms with Crippen LogP contribution in [0.25, 0.3) is 11.1 Å². The smallest absolute Gasteiger partial charge is 0.282 e. The standard InChI is InChI=1S/C25H21F2N5O/c1-16-9-6-7-13-20(16)29-30-21-14-8-12-18(17-10-4-3-5-11-17)22(21)28-25(33)19-15-32(2)31-23(19)24(26)27/h3-15,24H,1-2H3,(H,28,33). The van der Waals surface area contributed by atoms with Gasteiger partial charge in [0.15, 0.2) is 0 Å². The lowest BCUT2D eigenvalue weighted by Crippen LogP contribution is -2.14. The first kappa shape index (κ1) is 22.0. The van der Waals surface area contributed by atoms with E-state index in [0.717, 1.165) is 11.1 Å². The largest absolute Gasteiger partial charge is 0.319 e. The summed E-state index contributed by atoms with van der Waals surface area (Å²) in [5.74, 6) is -0.700. The number of nitrogens with one attached hydrogen (secondary N) is 1. The van der Waals surface area contributed by atoms with Crippen LogP contribution in [0.5, 0.6) is 0 Å². The molecule has 1 aromatic heterocycles. The number of aryl methyl sites for hydroxylation is 2. The van der Waals surface area contributed by atoms with Crippen LogP contribution in [0, 0.1) is 6.92 Å². The highest BCUT2D eigenvalue weighted by Crippen LogP contribution is 2.37. The van der Waals surface area contributed by atoms with E-state index >= 15 is 0 Å². The molecule has 0 aliphatic heterocycles. The molecule has 4 aromatic rings. The summed E-state index contributed by atoms with van der Waals surface area (Å²) in [7, 11) is 1.49. The molecule has 0 radical (unpaired) electrons. The van der Waals surface area contributed by atoms with E-state index in [1.54, 1.807) is 12.1 Å². The zero-order valence-corrected chi connectivity index (χ0v) is 18.0. The molecule has 0 atom stereocenters. The van der Waals surface area contributed by atoms with Gasteiger partial charge in [-0.2, -0.15) is 10.2 Å². The van der Waals surface area contributed by atoms with Crippen molar-refractivity contribution in [3.63, 3.8) is 0 Å². The third-order valence-electron chi connectivity index (χ3n) is 5.06. The lowest BCUT2D eigenvalue weighted by atomic mass is 10.0. The number of nitrogens with zero attached hydrogens (tertiary/aromatic N) is 4. The van der Waals surface area contributed by atoms with Crippen molar-refractivity contribution >= 4 is 23.0 Å². The number of carbonyl (C=O) groups excluding carboxylic acids is 1. The third-order valence-corrected chi connectivity index (χ3v) is 5.06. The van der Waals surface area contributed by atoms with Crippen molar-refractivity contribution in [3.05, 3.63) is 95.8 Å². The number of hydrogen-bond acceptors (Lipinski definition) is 4. The van der Waals surface area contributed by atoms with Crippen LogP contribution in [0.2, 0.25) is 0 Å². The fourth-order valence-electron chi connectivity index (χ4n) is 3.42. The van der Waals surface area contributed by atoms with Crippen LogP contribution in [0.1, 0.15) is 28.0 Å². The number of anilines is 1. The van der Waals surface area contributed by atoms with E-state index < -0.39 is 18.0 Å². The maximum Gasteiger partial charge on any atom is 0.282 e. The van der Waals surface area contributed by atoms with Gasteiger partial charge in [-0.05, 0) is 30.2 Å². The second kappa shape index (κ2) is 9.52. The lowest BCUT2D eigenvalue weighted by molar-refractivity contribution is 0.101. The van der Waals surface area contributed by atoms with Crippen molar-refractivity contribution in [2.24, 2.45) is 17.3 Å². The third kappa shape index (κ3) is 4.85. The van der Waals surface area contributed by atoms with E-state index in [0.29, 0.717) is 22.6 Å². The number of rotatable bonds is 6. The maximum atomic E-state index is 13.4. The summed E-state index contributed by atoms with van der Waals surface area (Å²) in [5, 5.41) is 15.2. The molecule has 1 heterocycles. The van der Waals surface area contributed by atoms with E-state index in [4.69, 9.17) is 0 Å². The Balaban J connectivity index is 1.79. The Kier molecular flexibility index (Phi) is 6.35. The van der Waals surface area contributed by atoms with E-state index in [-0.39, 0.29) is 5.56 Å². The number of benzene rings is 3. The Morgan fingerprint density at radius 2 is 1.61 bits per heavy atom. The first-order valence-corrected chi connectivity index (χ1v) is 10.2. The average molecular weight is 445 g/mol. The molecule has 8 heteroatoms. The quantitative estimate of drug-likeness (QED) is 0.325. The maximum absolute atomic E-state index is 13.4. The van der Waals surface area contributed by atoms with Gasteiger partial charge in [0, 0.05) is 18.8 Å². The minimum atomic E-state index is -2.88. The topological polar surface area (TPSA) is 71.6 Å². The van der Waals surface area contributed by atoms with Gasteiger partial charge in [0.1, 0.15) is 11.4 Å². The van der Waals surface area contributed by atoms with Crippen LogP contribution in [0.15, 0.2) is 89.2 Å². The first-order chi connectivity index (χ1) is 15.9. The molecular formula is C25H21F2N5O. The Labute approximate surface area is 189 Å². The fraction of sp³-hybridized carbons (Fsp3) is 0.120. The molecule has 0 fully saturated rings. The van der Waals surface area contributed by atoms with Crippen molar-refractivity contribution in [2.45, 2.75) is 13.3 Å². The molecule has 1 amide bonds. The molecule has 6 nitrogen and oxygen atoms in total. The van der Waals surface area contributed by atoms with Gasteiger partial charge in [-0.3, -0.25) is 9.48 Å². The minimum Gasteiger partial charge on any atom is -0.319 e. The summed E-state index contributed by atoms with van der Waals surface area (Å²) >= 11 is 0. The highest BCUT2D eigenvalue weighted by Gasteiger charge is 2.24. The molecule has 3 aromatic carbocycles. The summed E-state index contributed by atoms with van der Waals surface area (Å²) < 4.78 is 28.0. The average Bonchev–Trinajstić information content (AvgIpc) is 3.22. The van der Waals surface area contributed by atoms with Crippen LogP contribution < -0.4 is 5.32 Å². The SMILES string of the molecule is Cc1ccccc1N=Nc1cccc(-c2ccccc2)c1NC(=O)c1cn(C)nc1C(F)F. The molecule has 0 aliphatic carbocycles. The zero-order valence-electron chi connectivity index (χ0n) is 18.0. The summed E-state index contributed by atoms with van der Waals surface area (Å²) in [4.78, 5) is 13.0. The number of hydrogen-bond donors (Lipinski definition) is 1. The minimum absolute atomic E-state index is 0.197. The van der Waals surface area contributed by atoms with Crippen LogP contribution in [0.3, 0.4) is 0 Å². The summed E-state index contributed by atoms with van der Waals surface area (Å²) in [6.07, 6.45) is -1.60. The first-order valence-electron chi connectivity index (χ1n) is 10.2. The molecule has 0 unspecified atom stereocenters. The molecule has 0 saturated heterocycles. The van der Waals surface area contributed by atoms with Gasteiger partial charge < -0.3 is 5.32 Å². The molecule has 0 aliphatic rings. The molecule has 0 saturated carbocycles. The van der Waals surface area contributed by atoms with E-state index in [9.17, 15) is 13.6 Å². The highest BCUT2D eigenvalue weighted by molar-refractivity contribution is 6.08. The normalized spacial score (nSPS) is 11.3. The van der Waals surface area contributed by atoms with Gasteiger partial charge in [0.25, 0.3) is 12.3 Å². The summed E-state index contributed by atoms with van der Waals surface area (Å²) in [6.45, 7) is 1.92. The highest BCUT2D eigenvalue weighted by atomic mass is 19.3. The van der Waals surface area contributed by atoms with E-state index in [1.165, 1.54) is 17.9 Å². The molecular weight excluding hydrogens is 424 g/mol. The molecule has 1 N–H and O–H groups in total. The predicted molar refractivity (Wildman–Crippen MR) is 123 cm³/mol. The van der Waals surface area contributed by atoms with Crippen molar-refractivity contribution in [3.8, 4) is 11.1 Å². The van der Waals surface area contributed by atoms with Gasteiger partial charge in [0.05, 0.1) is 16.9 Å². The van der Waals surface area contributed by atoms with Crippen LogP contribution in [0.4, 0.5) is 25.8 Å². The fourth-order valence-corrected chi connectivity index (χ4v) is 3.42. The number of azo groups is 1. The van der Waals surface area contributed by atoms with Crippen LogP contribution in [-0.4, -0.2) is 15.7 Å². The van der Waals surface area contributed by atoms with Crippen molar-refractivity contribution < 1.29 is 13.6 Å². The Morgan fingerprint density at radius 3 is 2.33 bits per heavy atom. The van der Waals surface area contributed by atoms with E-state index in [1.807, 2.05) is 67.6 Å². The molecule has 166 valence electrons. The molecule has 33 heavy (non-hydrogen) atoms. The Bertz CT molecular complexity index is 1320. The van der Waals surface area contributed by atoms with Gasteiger partial charge in [0.2, 0.25) is 0 Å². The molecule has 0 bridgehead atoms. The van der Waals surface area contributed by atoms with Crippen LogP contribution in [-0.2, 0) is 7.05 Å². The van der Waals surface area contributed by atoms with Crippen molar-refractivity contribution in [1.82, 2.24) is 9.78 Å². The van der Waals surface area contributed by atoms with Gasteiger partial charge in [-0.25, -0.2) is 8.78 Å². The Hall–Kier alpha value is -4.20. The monoisotopic (exact) mass is 445 g/mol. The van der Waals surface area contributed by atoms with Gasteiger partial charge >= 0.3 is 0 Å². The summed E-state index contributed by atoms with van der Waals surface area (Å²) in [5.41, 5.74) is 3.15. The van der Waals surface area contributed by atoms with Crippen molar-refractivity contribution in [2.75, 3.05) is 5.32 Å². The second-order valence-electron chi connectivity index (χ2n) is 7.41. The van der Waals surface area contributed by atoms with Crippen LogP contribution >= 0.6 is 0 Å². The molecule has 4 rings (SSSR count). The number of para-hydroxylation sites is 1. The predicted octanol–water partition coefficient (Wildman–Crippen LogP) is 7.00. The lowest BCUT2D eigenvalue weighted by Gasteiger charge is -2.14. The second-order valence-corrected chi connectivity index (χ2v) is 7.41. The zero-order chi connectivity index (χ0) is 23.4. The number of carbonyl (C=O) groups is 1. The number of aromatic nitrogens is 2. The van der Waals surface area contributed by atoms with Gasteiger partial charge in [-0.1, -0.05) is 60.7 Å².